The van der Waals surface area contributed by atoms with E-state index in [1.165, 1.54) is 37.7 Å². The van der Waals surface area contributed by atoms with Crippen LogP contribution in [0.4, 0.5) is 0 Å². The van der Waals surface area contributed by atoms with Gasteiger partial charge in [-0.25, -0.2) is 0 Å². The Morgan fingerprint density at radius 3 is 2.28 bits per heavy atom. The van der Waals surface area contributed by atoms with Crippen molar-refractivity contribution in [1.29, 1.82) is 0 Å². The van der Waals surface area contributed by atoms with Gasteiger partial charge in [0, 0.05) is 50.8 Å². The smallest absolute Gasteiger partial charge is 0.236 e. The molecule has 1 amide bonds. The van der Waals surface area contributed by atoms with E-state index in [1.54, 1.807) is 0 Å². The molecule has 1 aromatic carbocycles. The number of halogens is 1. The summed E-state index contributed by atoms with van der Waals surface area (Å²) in [6.07, 6.45) is 6.22. The molecule has 1 saturated heterocycles. The Labute approximate surface area is 156 Å². The van der Waals surface area contributed by atoms with Crippen molar-refractivity contribution in [3.05, 3.63) is 34.9 Å². The molecule has 3 rings (SSSR count). The first kappa shape index (κ1) is 18.7. The normalized spacial score (nSPS) is 20.6. The number of hydrogen-bond donors (Lipinski definition) is 0. The van der Waals surface area contributed by atoms with Crippen molar-refractivity contribution in [2.24, 2.45) is 0 Å². The second-order valence-electron chi connectivity index (χ2n) is 7.48. The molecule has 0 radical (unpaired) electrons. The molecule has 1 aliphatic carbocycles. The van der Waals surface area contributed by atoms with Crippen LogP contribution in [0.15, 0.2) is 24.3 Å². The van der Waals surface area contributed by atoms with Gasteiger partial charge >= 0.3 is 0 Å². The van der Waals surface area contributed by atoms with Crippen molar-refractivity contribution >= 4 is 17.5 Å². The number of amides is 1. The minimum Gasteiger partial charge on any atom is -0.342 e. The van der Waals surface area contributed by atoms with Gasteiger partial charge < -0.3 is 4.90 Å². The maximum Gasteiger partial charge on any atom is 0.236 e. The summed E-state index contributed by atoms with van der Waals surface area (Å²) in [7, 11) is 2.00. The van der Waals surface area contributed by atoms with Gasteiger partial charge in [-0.15, -0.1) is 0 Å². The molecule has 25 heavy (non-hydrogen) atoms. The maximum atomic E-state index is 12.6. The summed E-state index contributed by atoms with van der Waals surface area (Å²) >= 11 is 5.95. The van der Waals surface area contributed by atoms with Gasteiger partial charge in [0.25, 0.3) is 0 Å². The molecule has 0 spiro atoms. The van der Waals surface area contributed by atoms with E-state index < -0.39 is 0 Å². The SMILES string of the molecule is CN(C(=O)CN1CCN(Cc2ccc(Cl)cc2)CC1)C1CCCCC1. The standard InChI is InChI=1S/C20H30ClN3O/c1-22(19-5-3-2-4-6-19)20(25)16-24-13-11-23(12-14-24)15-17-7-9-18(21)10-8-17/h7-10,19H,2-6,11-16H2,1H3. The molecular weight excluding hydrogens is 334 g/mol. The summed E-state index contributed by atoms with van der Waals surface area (Å²) in [5.41, 5.74) is 1.30. The Hall–Kier alpha value is -1.10. The highest BCUT2D eigenvalue weighted by Gasteiger charge is 2.25. The fourth-order valence-corrected chi connectivity index (χ4v) is 4.05. The van der Waals surface area contributed by atoms with Crippen molar-refractivity contribution in [1.82, 2.24) is 14.7 Å². The van der Waals surface area contributed by atoms with E-state index in [4.69, 9.17) is 11.6 Å². The Kier molecular flexibility index (Phi) is 6.74. The molecule has 0 bridgehead atoms. The fraction of sp³-hybridized carbons (Fsp3) is 0.650. The van der Waals surface area contributed by atoms with Gasteiger partial charge in [0.05, 0.1) is 6.54 Å². The third-order valence-corrected chi connectivity index (χ3v) is 5.91. The third kappa shape index (κ3) is 5.44. The van der Waals surface area contributed by atoms with Crippen LogP contribution in [-0.2, 0) is 11.3 Å². The number of rotatable bonds is 5. The number of carbonyl (C=O) groups is 1. The average molecular weight is 364 g/mol. The number of nitrogens with zero attached hydrogens (tertiary/aromatic N) is 3. The Morgan fingerprint density at radius 2 is 1.64 bits per heavy atom. The average Bonchev–Trinajstić information content (AvgIpc) is 2.65. The monoisotopic (exact) mass is 363 g/mol. The van der Waals surface area contributed by atoms with Gasteiger partial charge in [-0.1, -0.05) is 43.0 Å². The summed E-state index contributed by atoms with van der Waals surface area (Å²) in [4.78, 5) is 19.3. The minimum absolute atomic E-state index is 0.290. The van der Waals surface area contributed by atoms with Crippen LogP contribution in [0.5, 0.6) is 0 Å². The van der Waals surface area contributed by atoms with E-state index in [0.29, 0.717) is 12.6 Å². The lowest BCUT2D eigenvalue weighted by molar-refractivity contribution is -0.134. The Morgan fingerprint density at radius 1 is 1.04 bits per heavy atom. The summed E-state index contributed by atoms with van der Waals surface area (Å²) in [5.74, 6) is 0.290. The van der Waals surface area contributed by atoms with Gasteiger partial charge in [-0.05, 0) is 30.5 Å². The van der Waals surface area contributed by atoms with E-state index >= 15 is 0 Å². The van der Waals surface area contributed by atoms with E-state index in [0.717, 1.165) is 37.7 Å². The zero-order valence-electron chi connectivity index (χ0n) is 15.3. The maximum absolute atomic E-state index is 12.6. The molecule has 1 aromatic rings. The Balaban J connectivity index is 1.41. The van der Waals surface area contributed by atoms with Crippen LogP contribution >= 0.6 is 11.6 Å². The molecule has 0 N–H and O–H groups in total. The lowest BCUT2D eigenvalue weighted by Gasteiger charge is -2.37. The first-order valence-corrected chi connectivity index (χ1v) is 9.94. The van der Waals surface area contributed by atoms with Gasteiger partial charge in [0.1, 0.15) is 0 Å². The zero-order valence-corrected chi connectivity index (χ0v) is 16.0. The topological polar surface area (TPSA) is 26.8 Å². The minimum atomic E-state index is 0.290. The van der Waals surface area contributed by atoms with E-state index in [1.807, 2.05) is 24.1 Å². The van der Waals surface area contributed by atoms with Crippen molar-refractivity contribution in [2.45, 2.75) is 44.7 Å². The number of benzene rings is 1. The van der Waals surface area contributed by atoms with Crippen LogP contribution < -0.4 is 0 Å². The highest BCUT2D eigenvalue weighted by molar-refractivity contribution is 6.30. The second kappa shape index (κ2) is 9.02. The third-order valence-electron chi connectivity index (χ3n) is 5.66. The molecule has 4 nitrogen and oxygen atoms in total. The predicted octanol–water partition coefficient (Wildman–Crippen LogP) is 3.25. The molecule has 1 heterocycles. The van der Waals surface area contributed by atoms with Gasteiger partial charge in [0.15, 0.2) is 0 Å². The van der Waals surface area contributed by atoms with Crippen molar-refractivity contribution in [3.8, 4) is 0 Å². The predicted molar refractivity (Wildman–Crippen MR) is 103 cm³/mol. The van der Waals surface area contributed by atoms with Gasteiger partial charge in [0.2, 0.25) is 5.91 Å². The molecule has 2 fully saturated rings. The molecule has 2 aliphatic rings. The van der Waals surface area contributed by atoms with Gasteiger partial charge in [-0.2, -0.15) is 0 Å². The first-order chi connectivity index (χ1) is 12.1. The molecule has 0 unspecified atom stereocenters. The van der Waals surface area contributed by atoms with Crippen molar-refractivity contribution in [2.75, 3.05) is 39.8 Å². The highest BCUT2D eigenvalue weighted by atomic mass is 35.5. The van der Waals surface area contributed by atoms with Crippen LogP contribution in [0.1, 0.15) is 37.7 Å². The van der Waals surface area contributed by atoms with Crippen LogP contribution in [0.3, 0.4) is 0 Å². The van der Waals surface area contributed by atoms with Crippen molar-refractivity contribution in [3.63, 3.8) is 0 Å². The highest BCUT2D eigenvalue weighted by Crippen LogP contribution is 2.22. The van der Waals surface area contributed by atoms with Gasteiger partial charge in [-0.3, -0.25) is 14.6 Å². The summed E-state index contributed by atoms with van der Waals surface area (Å²) in [5, 5.41) is 0.786. The van der Waals surface area contributed by atoms with Crippen LogP contribution in [0.25, 0.3) is 0 Å². The van der Waals surface area contributed by atoms with E-state index in [2.05, 4.69) is 21.9 Å². The second-order valence-corrected chi connectivity index (χ2v) is 7.91. The zero-order chi connectivity index (χ0) is 17.6. The number of piperazine rings is 1. The lowest BCUT2D eigenvalue weighted by atomic mass is 9.94. The summed E-state index contributed by atoms with van der Waals surface area (Å²) in [6, 6.07) is 8.56. The lowest BCUT2D eigenvalue weighted by Crippen LogP contribution is -2.50. The van der Waals surface area contributed by atoms with Crippen LogP contribution in [-0.4, -0.2) is 66.4 Å². The molecule has 1 saturated carbocycles. The number of carbonyl (C=O) groups excluding carboxylic acids is 1. The molecule has 5 heteroatoms. The fourth-order valence-electron chi connectivity index (χ4n) is 3.93. The van der Waals surface area contributed by atoms with Crippen LogP contribution in [0, 0.1) is 0 Å². The number of likely N-dealkylation sites (N-methyl/N-ethyl adjacent to an activating group) is 1. The summed E-state index contributed by atoms with van der Waals surface area (Å²) < 4.78 is 0. The largest absolute Gasteiger partial charge is 0.342 e. The Bertz CT molecular complexity index is 549. The molecule has 0 aromatic heterocycles. The molecule has 1 aliphatic heterocycles. The summed E-state index contributed by atoms with van der Waals surface area (Å²) in [6.45, 7) is 5.50. The van der Waals surface area contributed by atoms with Crippen LogP contribution in [0.2, 0.25) is 5.02 Å². The van der Waals surface area contributed by atoms with Crippen molar-refractivity contribution < 1.29 is 4.79 Å². The first-order valence-electron chi connectivity index (χ1n) is 9.56. The number of hydrogen-bond acceptors (Lipinski definition) is 3. The quantitative estimate of drug-likeness (QED) is 0.803. The van der Waals surface area contributed by atoms with E-state index in [9.17, 15) is 4.79 Å². The molecular formula is C20H30ClN3O. The molecule has 0 atom stereocenters. The molecule has 138 valence electrons. The van der Waals surface area contributed by atoms with E-state index in [-0.39, 0.29) is 5.91 Å².